The standard InChI is InChI=1S/C21H26ClN3O4S/c1-16(25(30(3,27)28)18-8-6-7-17(22)15-18)21(26)24-13-11-23(12-14-24)19-9-4-5-10-20(19)29-2/h4-10,15-16H,11-14H2,1-3H3/t16-/m0/s1. The third-order valence-electron chi connectivity index (χ3n) is 5.15. The maximum atomic E-state index is 13.2. The third kappa shape index (κ3) is 4.82. The first-order valence-corrected chi connectivity index (χ1v) is 11.9. The van der Waals surface area contributed by atoms with Crippen LogP contribution in [0.1, 0.15) is 6.92 Å². The minimum absolute atomic E-state index is 0.236. The second-order valence-corrected chi connectivity index (χ2v) is 9.49. The number of rotatable bonds is 6. The van der Waals surface area contributed by atoms with E-state index in [9.17, 15) is 13.2 Å². The molecular weight excluding hydrogens is 426 g/mol. The number of hydrogen-bond donors (Lipinski definition) is 0. The normalized spacial score (nSPS) is 15.6. The number of hydrogen-bond acceptors (Lipinski definition) is 5. The van der Waals surface area contributed by atoms with Crippen molar-refractivity contribution < 1.29 is 17.9 Å². The first-order valence-electron chi connectivity index (χ1n) is 9.64. The Morgan fingerprint density at radius 1 is 1.10 bits per heavy atom. The van der Waals surface area contributed by atoms with E-state index < -0.39 is 16.1 Å². The Bertz CT molecular complexity index is 1010. The highest BCUT2D eigenvalue weighted by Crippen LogP contribution is 2.29. The highest BCUT2D eigenvalue weighted by atomic mass is 35.5. The van der Waals surface area contributed by atoms with Crippen molar-refractivity contribution in [1.29, 1.82) is 0 Å². The first kappa shape index (κ1) is 22.2. The van der Waals surface area contributed by atoms with Crippen LogP contribution in [0.2, 0.25) is 5.02 Å². The van der Waals surface area contributed by atoms with Gasteiger partial charge in [-0.05, 0) is 37.3 Å². The molecule has 162 valence electrons. The van der Waals surface area contributed by atoms with E-state index in [4.69, 9.17) is 16.3 Å². The number of anilines is 2. The fraction of sp³-hybridized carbons (Fsp3) is 0.381. The average molecular weight is 452 g/mol. The van der Waals surface area contributed by atoms with Crippen molar-refractivity contribution >= 4 is 38.9 Å². The summed E-state index contributed by atoms with van der Waals surface area (Å²) in [4.78, 5) is 17.0. The van der Waals surface area contributed by atoms with Gasteiger partial charge in [0, 0.05) is 31.2 Å². The van der Waals surface area contributed by atoms with Crippen molar-refractivity contribution in [3.8, 4) is 5.75 Å². The van der Waals surface area contributed by atoms with Gasteiger partial charge in [0.25, 0.3) is 0 Å². The topological polar surface area (TPSA) is 70.2 Å². The summed E-state index contributed by atoms with van der Waals surface area (Å²) in [7, 11) is -2.05. The van der Waals surface area contributed by atoms with Crippen molar-refractivity contribution in [2.45, 2.75) is 13.0 Å². The van der Waals surface area contributed by atoms with Crippen molar-refractivity contribution in [3.05, 3.63) is 53.6 Å². The molecule has 0 N–H and O–H groups in total. The minimum Gasteiger partial charge on any atom is -0.495 e. The molecule has 0 radical (unpaired) electrons. The Kier molecular flexibility index (Phi) is 6.77. The zero-order valence-electron chi connectivity index (χ0n) is 17.3. The Morgan fingerprint density at radius 2 is 1.77 bits per heavy atom. The summed E-state index contributed by atoms with van der Waals surface area (Å²) in [6.07, 6.45) is 1.09. The molecule has 7 nitrogen and oxygen atoms in total. The van der Waals surface area contributed by atoms with Gasteiger partial charge in [0.05, 0.1) is 24.7 Å². The SMILES string of the molecule is COc1ccccc1N1CCN(C(=O)[C@H](C)N(c2cccc(Cl)c2)S(C)(=O)=O)CC1. The van der Waals surface area contributed by atoms with Crippen molar-refractivity contribution in [3.63, 3.8) is 0 Å². The van der Waals surface area contributed by atoms with Crippen LogP contribution in [0.25, 0.3) is 0 Å². The van der Waals surface area contributed by atoms with Gasteiger partial charge in [0.1, 0.15) is 11.8 Å². The van der Waals surface area contributed by atoms with E-state index in [2.05, 4.69) is 4.90 Å². The van der Waals surface area contributed by atoms with Crippen LogP contribution in [-0.4, -0.2) is 64.8 Å². The first-order chi connectivity index (χ1) is 14.2. The van der Waals surface area contributed by atoms with Crippen LogP contribution in [0, 0.1) is 0 Å². The molecule has 0 saturated carbocycles. The molecule has 1 amide bonds. The van der Waals surface area contributed by atoms with Crippen molar-refractivity contribution in [2.75, 3.05) is 48.7 Å². The summed E-state index contributed by atoms with van der Waals surface area (Å²) in [6.45, 7) is 3.86. The Labute approximate surface area is 182 Å². The molecule has 0 aromatic heterocycles. The fourth-order valence-electron chi connectivity index (χ4n) is 3.74. The molecule has 30 heavy (non-hydrogen) atoms. The maximum Gasteiger partial charge on any atom is 0.246 e. The van der Waals surface area contributed by atoms with E-state index in [0.717, 1.165) is 22.0 Å². The molecule has 1 heterocycles. The Morgan fingerprint density at radius 3 is 2.37 bits per heavy atom. The number of ether oxygens (including phenoxy) is 1. The Hall–Kier alpha value is -2.45. The van der Waals surface area contributed by atoms with Gasteiger partial charge in [-0.15, -0.1) is 0 Å². The molecule has 2 aromatic rings. The number of para-hydroxylation sites is 2. The minimum atomic E-state index is -3.68. The lowest BCUT2D eigenvalue weighted by Crippen LogP contribution is -2.55. The van der Waals surface area contributed by atoms with Gasteiger partial charge < -0.3 is 14.5 Å². The molecule has 1 aliphatic heterocycles. The van der Waals surface area contributed by atoms with Gasteiger partial charge in [-0.1, -0.05) is 29.8 Å². The number of piperazine rings is 1. The summed E-state index contributed by atoms with van der Waals surface area (Å²) >= 11 is 6.04. The summed E-state index contributed by atoms with van der Waals surface area (Å²) in [6, 6.07) is 13.4. The fourth-order valence-corrected chi connectivity index (χ4v) is 5.08. The Balaban J connectivity index is 1.74. The number of carbonyl (C=O) groups is 1. The highest BCUT2D eigenvalue weighted by molar-refractivity contribution is 7.92. The molecule has 0 aliphatic carbocycles. The maximum absolute atomic E-state index is 13.2. The molecule has 1 saturated heterocycles. The number of halogens is 1. The zero-order valence-corrected chi connectivity index (χ0v) is 18.9. The van der Waals surface area contributed by atoms with Crippen molar-refractivity contribution in [1.82, 2.24) is 4.90 Å². The van der Waals surface area contributed by atoms with E-state index in [1.165, 1.54) is 0 Å². The second-order valence-electron chi connectivity index (χ2n) is 7.20. The summed E-state index contributed by atoms with van der Waals surface area (Å²) in [5, 5.41) is 0.409. The van der Waals surface area contributed by atoms with Gasteiger partial charge in [-0.25, -0.2) is 8.42 Å². The van der Waals surface area contributed by atoms with Crippen LogP contribution >= 0.6 is 11.6 Å². The number of sulfonamides is 1. The van der Waals surface area contributed by atoms with Crippen LogP contribution in [0.3, 0.4) is 0 Å². The van der Waals surface area contributed by atoms with E-state index in [1.54, 1.807) is 43.2 Å². The quantitative estimate of drug-likeness (QED) is 0.675. The van der Waals surface area contributed by atoms with Crippen LogP contribution in [0.15, 0.2) is 48.5 Å². The molecule has 0 bridgehead atoms. The molecule has 9 heteroatoms. The number of methoxy groups -OCH3 is 1. The molecule has 1 fully saturated rings. The summed E-state index contributed by atoms with van der Waals surface area (Å²) in [5.74, 6) is 0.551. The average Bonchev–Trinajstić information content (AvgIpc) is 2.72. The lowest BCUT2D eigenvalue weighted by Gasteiger charge is -2.39. The summed E-state index contributed by atoms with van der Waals surface area (Å²) < 4.78 is 31.5. The smallest absolute Gasteiger partial charge is 0.246 e. The predicted octanol–water partition coefficient (Wildman–Crippen LogP) is 2.85. The second kappa shape index (κ2) is 9.14. The lowest BCUT2D eigenvalue weighted by molar-refractivity contribution is -0.132. The van der Waals surface area contributed by atoms with Crippen LogP contribution in [0.4, 0.5) is 11.4 Å². The summed E-state index contributed by atoms with van der Waals surface area (Å²) in [5.41, 5.74) is 1.36. The van der Waals surface area contributed by atoms with E-state index in [-0.39, 0.29) is 5.91 Å². The third-order valence-corrected chi connectivity index (χ3v) is 6.62. The molecule has 1 aliphatic rings. The molecular formula is C21H26ClN3O4S. The van der Waals surface area contributed by atoms with E-state index in [0.29, 0.717) is 36.9 Å². The van der Waals surface area contributed by atoms with Gasteiger partial charge in [-0.2, -0.15) is 0 Å². The monoisotopic (exact) mass is 451 g/mol. The van der Waals surface area contributed by atoms with Gasteiger partial charge in [0.15, 0.2) is 0 Å². The molecule has 0 spiro atoms. The van der Waals surface area contributed by atoms with E-state index >= 15 is 0 Å². The lowest BCUT2D eigenvalue weighted by atomic mass is 10.2. The van der Waals surface area contributed by atoms with Crippen molar-refractivity contribution in [2.24, 2.45) is 0 Å². The molecule has 0 unspecified atom stereocenters. The largest absolute Gasteiger partial charge is 0.495 e. The molecule has 1 atom stereocenters. The molecule has 3 rings (SSSR count). The number of nitrogens with zero attached hydrogens (tertiary/aromatic N) is 3. The van der Waals surface area contributed by atoms with Crippen LogP contribution in [-0.2, 0) is 14.8 Å². The van der Waals surface area contributed by atoms with Crippen LogP contribution in [0.5, 0.6) is 5.75 Å². The highest BCUT2D eigenvalue weighted by Gasteiger charge is 2.33. The van der Waals surface area contributed by atoms with Gasteiger partial charge >= 0.3 is 0 Å². The molecule has 2 aromatic carbocycles. The number of benzene rings is 2. The van der Waals surface area contributed by atoms with Gasteiger partial charge in [0.2, 0.25) is 15.9 Å². The number of amides is 1. The number of carbonyl (C=O) groups excluding carboxylic acids is 1. The predicted molar refractivity (Wildman–Crippen MR) is 120 cm³/mol. The van der Waals surface area contributed by atoms with Gasteiger partial charge in [-0.3, -0.25) is 9.10 Å². The zero-order chi connectivity index (χ0) is 21.9. The van der Waals surface area contributed by atoms with E-state index in [1.807, 2.05) is 24.3 Å². The van der Waals surface area contributed by atoms with Crippen LogP contribution < -0.4 is 13.9 Å².